The summed E-state index contributed by atoms with van der Waals surface area (Å²) in [5.41, 5.74) is 5.98. The summed E-state index contributed by atoms with van der Waals surface area (Å²) in [5.74, 6) is -0.654. The second-order valence-corrected chi connectivity index (χ2v) is 7.17. The Bertz CT molecular complexity index is 1020. The van der Waals surface area contributed by atoms with Crippen molar-refractivity contribution in [1.82, 2.24) is 4.57 Å². The first-order chi connectivity index (χ1) is 13.4. The SMILES string of the molecule is Cc1ccc(C)c(C(=O)OCC(=O)c2cc(C)n(Cc3ccccc3)c2C)c1. The van der Waals surface area contributed by atoms with Gasteiger partial charge in [-0.1, -0.05) is 48.0 Å². The van der Waals surface area contributed by atoms with Gasteiger partial charge in [-0.3, -0.25) is 4.79 Å². The largest absolute Gasteiger partial charge is 0.454 e. The van der Waals surface area contributed by atoms with Gasteiger partial charge in [-0.25, -0.2) is 4.79 Å². The van der Waals surface area contributed by atoms with Gasteiger partial charge in [0.25, 0.3) is 0 Å². The van der Waals surface area contributed by atoms with Crippen LogP contribution >= 0.6 is 0 Å². The molecule has 0 fully saturated rings. The van der Waals surface area contributed by atoms with Crippen LogP contribution in [0.15, 0.2) is 54.6 Å². The summed E-state index contributed by atoms with van der Waals surface area (Å²) in [6, 6.07) is 17.6. The van der Waals surface area contributed by atoms with Crippen molar-refractivity contribution < 1.29 is 14.3 Å². The van der Waals surface area contributed by atoms with E-state index in [1.165, 1.54) is 5.56 Å². The number of hydrogen-bond acceptors (Lipinski definition) is 3. The minimum absolute atomic E-state index is 0.189. The molecule has 0 saturated carbocycles. The Hall–Kier alpha value is -3.14. The van der Waals surface area contributed by atoms with Crippen LogP contribution in [0.5, 0.6) is 0 Å². The third-order valence-corrected chi connectivity index (χ3v) is 5.00. The topological polar surface area (TPSA) is 48.3 Å². The lowest BCUT2D eigenvalue weighted by atomic mass is 10.1. The molecule has 0 unspecified atom stereocenters. The maximum absolute atomic E-state index is 12.7. The third kappa shape index (κ3) is 4.22. The Morgan fingerprint density at radius 2 is 1.61 bits per heavy atom. The Balaban J connectivity index is 1.72. The number of ketones is 1. The van der Waals surface area contributed by atoms with E-state index in [1.807, 2.05) is 64.1 Å². The molecule has 2 aromatic carbocycles. The number of esters is 1. The standard InChI is InChI=1S/C24H25NO3/c1-16-10-11-17(2)21(12-16)24(27)28-15-23(26)22-13-18(3)25(19(22)4)14-20-8-6-5-7-9-20/h5-13H,14-15H2,1-4H3. The van der Waals surface area contributed by atoms with Gasteiger partial charge in [-0.2, -0.15) is 0 Å². The van der Waals surface area contributed by atoms with Crippen LogP contribution in [0.25, 0.3) is 0 Å². The average molecular weight is 375 g/mol. The fraction of sp³-hybridized carbons (Fsp3) is 0.250. The summed E-state index contributed by atoms with van der Waals surface area (Å²) in [6.07, 6.45) is 0. The van der Waals surface area contributed by atoms with Gasteiger partial charge in [0.1, 0.15) is 0 Å². The highest BCUT2D eigenvalue weighted by Gasteiger charge is 2.18. The van der Waals surface area contributed by atoms with Crippen LogP contribution in [-0.4, -0.2) is 22.9 Å². The molecule has 3 rings (SSSR count). The number of rotatable bonds is 6. The van der Waals surface area contributed by atoms with Gasteiger partial charge >= 0.3 is 5.97 Å². The molecule has 28 heavy (non-hydrogen) atoms. The Labute approximate surface area is 165 Å². The molecule has 0 amide bonds. The van der Waals surface area contributed by atoms with Crippen molar-refractivity contribution in [1.29, 1.82) is 0 Å². The fourth-order valence-electron chi connectivity index (χ4n) is 3.34. The van der Waals surface area contributed by atoms with Gasteiger partial charge in [0.05, 0.1) is 5.56 Å². The van der Waals surface area contributed by atoms with Crippen molar-refractivity contribution in [2.24, 2.45) is 0 Å². The summed E-state index contributed by atoms with van der Waals surface area (Å²) in [7, 11) is 0. The molecule has 1 aromatic heterocycles. The summed E-state index contributed by atoms with van der Waals surface area (Å²) >= 11 is 0. The Morgan fingerprint density at radius 1 is 0.893 bits per heavy atom. The van der Waals surface area contributed by atoms with E-state index in [-0.39, 0.29) is 12.4 Å². The fourth-order valence-corrected chi connectivity index (χ4v) is 3.34. The van der Waals surface area contributed by atoms with Crippen LogP contribution in [-0.2, 0) is 11.3 Å². The highest BCUT2D eigenvalue weighted by Crippen LogP contribution is 2.18. The molecule has 0 atom stereocenters. The molecular formula is C24H25NO3. The maximum atomic E-state index is 12.7. The molecule has 3 aromatic rings. The van der Waals surface area contributed by atoms with E-state index in [0.29, 0.717) is 17.7 Å². The van der Waals surface area contributed by atoms with Crippen LogP contribution in [0, 0.1) is 27.7 Å². The molecule has 0 radical (unpaired) electrons. The number of ether oxygens (including phenoxy) is 1. The first kappa shape index (κ1) is 19.6. The zero-order valence-electron chi connectivity index (χ0n) is 16.8. The monoisotopic (exact) mass is 375 g/mol. The number of aromatic nitrogens is 1. The van der Waals surface area contributed by atoms with Crippen molar-refractivity contribution in [3.8, 4) is 0 Å². The van der Waals surface area contributed by atoms with E-state index < -0.39 is 5.97 Å². The summed E-state index contributed by atoms with van der Waals surface area (Å²) in [5, 5.41) is 0. The second-order valence-electron chi connectivity index (χ2n) is 7.17. The number of carbonyl (C=O) groups excluding carboxylic acids is 2. The van der Waals surface area contributed by atoms with Crippen molar-refractivity contribution in [3.05, 3.63) is 93.8 Å². The molecule has 0 bridgehead atoms. The van der Waals surface area contributed by atoms with Gasteiger partial charge < -0.3 is 9.30 Å². The molecule has 0 aliphatic carbocycles. The van der Waals surface area contributed by atoms with Crippen molar-refractivity contribution in [2.75, 3.05) is 6.61 Å². The van der Waals surface area contributed by atoms with Crippen molar-refractivity contribution in [3.63, 3.8) is 0 Å². The quantitative estimate of drug-likeness (QED) is 0.459. The number of benzene rings is 2. The second kappa shape index (κ2) is 8.26. The van der Waals surface area contributed by atoms with Crippen molar-refractivity contribution in [2.45, 2.75) is 34.2 Å². The van der Waals surface area contributed by atoms with Gasteiger partial charge in [0.2, 0.25) is 5.78 Å². The lowest BCUT2D eigenvalue weighted by molar-refractivity contribution is 0.0473. The van der Waals surface area contributed by atoms with Crippen LogP contribution < -0.4 is 0 Å². The molecule has 0 saturated heterocycles. The van der Waals surface area contributed by atoms with E-state index in [9.17, 15) is 9.59 Å². The van der Waals surface area contributed by atoms with E-state index in [0.717, 1.165) is 22.5 Å². The smallest absolute Gasteiger partial charge is 0.338 e. The summed E-state index contributed by atoms with van der Waals surface area (Å²) in [6.45, 7) is 8.12. The van der Waals surface area contributed by atoms with E-state index in [4.69, 9.17) is 4.74 Å². The zero-order valence-corrected chi connectivity index (χ0v) is 16.8. The first-order valence-corrected chi connectivity index (χ1v) is 9.35. The van der Waals surface area contributed by atoms with Crippen LogP contribution in [0.4, 0.5) is 0 Å². The number of Topliss-reactive ketones (excluding diaryl/α,β-unsaturated/α-hetero) is 1. The molecule has 144 valence electrons. The highest BCUT2D eigenvalue weighted by atomic mass is 16.5. The van der Waals surface area contributed by atoms with Crippen LogP contribution in [0.1, 0.15) is 48.8 Å². The number of carbonyl (C=O) groups is 2. The average Bonchev–Trinajstić information content (AvgIpc) is 2.97. The number of aryl methyl sites for hydroxylation is 3. The maximum Gasteiger partial charge on any atom is 0.338 e. The van der Waals surface area contributed by atoms with Gasteiger partial charge in [-0.05, 0) is 51.0 Å². The Kier molecular flexibility index (Phi) is 5.78. The first-order valence-electron chi connectivity index (χ1n) is 9.35. The molecule has 4 heteroatoms. The zero-order chi connectivity index (χ0) is 20.3. The van der Waals surface area contributed by atoms with Gasteiger partial charge in [-0.15, -0.1) is 0 Å². The molecule has 1 heterocycles. The minimum Gasteiger partial charge on any atom is -0.454 e. The normalized spacial score (nSPS) is 10.7. The van der Waals surface area contributed by atoms with E-state index in [1.54, 1.807) is 6.07 Å². The number of hydrogen-bond donors (Lipinski definition) is 0. The minimum atomic E-state index is -0.465. The lowest BCUT2D eigenvalue weighted by Gasteiger charge is -2.10. The summed E-state index contributed by atoms with van der Waals surface area (Å²) < 4.78 is 7.41. The highest BCUT2D eigenvalue weighted by molar-refractivity contribution is 6.00. The molecule has 0 N–H and O–H groups in total. The molecule has 0 spiro atoms. The van der Waals surface area contributed by atoms with Gasteiger partial charge in [0.15, 0.2) is 6.61 Å². The summed E-state index contributed by atoms with van der Waals surface area (Å²) in [4.78, 5) is 25.1. The third-order valence-electron chi connectivity index (χ3n) is 5.00. The van der Waals surface area contributed by atoms with Crippen molar-refractivity contribution >= 4 is 11.8 Å². The predicted molar refractivity (Wildman–Crippen MR) is 110 cm³/mol. The van der Waals surface area contributed by atoms with E-state index in [2.05, 4.69) is 16.7 Å². The number of nitrogens with zero attached hydrogens (tertiary/aromatic N) is 1. The molecule has 0 aliphatic rings. The molecule has 4 nitrogen and oxygen atoms in total. The molecular weight excluding hydrogens is 350 g/mol. The lowest BCUT2D eigenvalue weighted by Crippen LogP contribution is -2.16. The predicted octanol–water partition coefficient (Wildman–Crippen LogP) is 4.81. The van der Waals surface area contributed by atoms with Gasteiger partial charge in [0, 0.05) is 23.5 Å². The molecule has 0 aliphatic heterocycles. The van der Waals surface area contributed by atoms with E-state index >= 15 is 0 Å². The van der Waals surface area contributed by atoms with Crippen LogP contribution in [0.3, 0.4) is 0 Å². The van der Waals surface area contributed by atoms with Crippen LogP contribution in [0.2, 0.25) is 0 Å². The Morgan fingerprint density at radius 3 is 2.32 bits per heavy atom.